The van der Waals surface area contributed by atoms with E-state index in [9.17, 15) is 0 Å². The molecule has 0 aromatic rings. The van der Waals surface area contributed by atoms with Crippen molar-refractivity contribution in [3.05, 3.63) is 22.8 Å². The molecule has 2 fully saturated rings. The highest BCUT2D eigenvalue weighted by Crippen LogP contribution is 2.53. The molecule has 2 aliphatic rings. The molecule has 0 aromatic carbocycles. The van der Waals surface area contributed by atoms with Crippen LogP contribution in [0.15, 0.2) is 22.8 Å². The zero-order chi connectivity index (χ0) is 11.7. The Hall–Kier alpha value is -0.0900. The average molecular weight is 236 g/mol. The molecule has 90 valence electrons. The second-order valence-electron chi connectivity index (χ2n) is 5.39. The molecular weight excluding hydrogens is 211 g/mol. The van der Waals surface area contributed by atoms with Crippen LogP contribution in [0, 0.1) is 11.8 Å². The predicted molar refractivity (Wildman–Crippen MR) is 75.6 cm³/mol. The molecule has 0 aromatic heterocycles. The van der Waals surface area contributed by atoms with Crippen molar-refractivity contribution in [2.75, 3.05) is 6.66 Å². The first-order valence-electron chi connectivity index (χ1n) is 6.78. The van der Waals surface area contributed by atoms with Crippen molar-refractivity contribution in [3.63, 3.8) is 0 Å². The lowest BCUT2D eigenvalue weighted by Crippen LogP contribution is -2.34. The lowest BCUT2D eigenvalue weighted by molar-refractivity contribution is 0.519. The van der Waals surface area contributed by atoms with E-state index in [4.69, 9.17) is 0 Å². The van der Waals surface area contributed by atoms with Gasteiger partial charge in [0.2, 0.25) is 0 Å². The van der Waals surface area contributed by atoms with E-state index in [1.807, 2.05) is 5.57 Å². The summed E-state index contributed by atoms with van der Waals surface area (Å²) >= 11 is 0. The summed E-state index contributed by atoms with van der Waals surface area (Å²) in [7, 11) is 1.09. The summed E-state index contributed by atoms with van der Waals surface area (Å²) in [5.41, 5.74) is 6.20. The first kappa shape index (κ1) is 12.4. The molecule has 0 heterocycles. The van der Waals surface area contributed by atoms with Crippen LogP contribution in [0.1, 0.15) is 46.5 Å². The van der Waals surface area contributed by atoms with Crippen molar-refractivity contribution < 1.29 is 0 Å². The minimum atomic E-state index is 0.897. The third-order valence-electron chi connectivity index (χ3n) is 4.40. The molecule has 2 rings (SSSR count). The van der Waals surface area contributed by atoms with Crippen molar-refractivity contribution >= 4 is 8.58 Å². The van der Waals surface area contributed by atoms with Crippen molar-refractivity contribution in [2.24, 2.45) is 11.8 Å². The van der Waals surface area contributed by atoms with Crippen molar-refractivity contribution in [1.82, 2.24) is 0 Å². The van der Waals surface area contributed by atoms with Crippen LogP contribution in [-0.2, 0) is 0 Å². The third-order valence-corrected chi connectivity index (χ3v) is 5.73. The Labute approximate surface area is 102 Å². The molecule has 16 heavy (non-hydrogen) atoms. The van der Waals surface area contributed by atoms with Gasteiger partial charge in [-0.2, -0.15) is 0 Å². The van der Waals surface area contributed by atoms with Gasteiger partial charge in [-0.3, -0.25) is 0 Å². The third kappa shape index (κ3) is 1.90. The van der Waals surface area contributed by atoms with Gasteiger partial charge in [0, 0.05) is 5.66 Å². The van der Waals surface area contributed by atoms with Gasteiger partial charge < -0.3 is 0 Å². The van der Waals surface area contributed by atoms with E-state index < -0.39 is 0 Å². The van der Waals surface area contributed by atoms with E-state index >= 15 is 0 Å². The highest BCUT2D eigenvalue weighted by molar-refractivity contribution is 7.38. The van der Waals surface area contributed by atoms with Crippen LogP contribution < -0.4 is 0 Å². The standard InChI is InChI=1S/C15H25P/c1-5-12-14(11-8-7-10(3)9-11)13(6-2)15(12)16-4/h5,10,13,15-16H,6-9H2,1-4H3/b12-5-,14-11-/t10-,13?,15?/m0/s1. The van der Waals surface area contributed by atoms with E-state index in [0.717, 1.165) is 26.1 Å². The van der Waals surface area contributed by atoms with Crippen LogP contribution in [0.3, 0.4) is 0 Å². The van der Waals surface area contributed by atoms with Crippen LogP contribution in [0.2, 0.25) is 0 Å². The van der Waals surface area contributed by atoms with Gasteiger partial charge in [0.15, 0.2) is 0 Å². The molecule has 0 radical (unpaired) electrons. The Morgan fingerprint density at radius 2 is 2.19 bits per heavy atom. The summed E-state index contributed by atoms with van der Waals surface area (Å²) in [6.07, 6.45) is 7.91. The van der Waals surface area contributed by atoms with E-state index in [0.29, 0.717) is 0 Å². The SMILES string of the molecule is C/C=C1/C(=C2\CC[C@H](C)C2)C(CC)C1PC. The first-order chi connectivity index (χ1) is 7.72. The van der Waals surface area contributed by atoms with Crippen LogP contribution >= 0.6 is 8.58 Å². The van der Waals surface area contributed by atoms with Crippen LogP contribution in [-0.4, -0.2) is 12.3 Å². The van der Waals surface area contributed by atoms with Crippen molar-refractivity contribution in [2.45, 2.75) is 52.1 Å². The minimum absolute atomic E-state index is 0.897. The second-order valence-corrected chi connectivity index (χ2v) is 6.59. The normalized spacial score (nSPS) is 42.2. The van der Waals surface area contributed by atoms with Gasteiger partial charge in [0.1, 0.15) is 0 Å². The molecule has 0 amide bonds. The summed E-state index contributed by atoms with van der Waals surface area (Å²) in [6.45, 7) is 9.37. The predicted octanol–water partition coefficient (Wildman–Crippen LogP) is 4.77. The van der Waals surface area contributed by atoms with Gasteiger partial charge in [-0.25, -0.2) is 0 Å². The molecule has 2 saturated carbocycles. The monoisotopic (exact) mass is 236 g/mol. The number of hydrogen-bond donors (Lipinski definition) is 0. The molecular formula is C15H25P. The van der Waals surface area contributed by atoms with Gasteiger partial charge in [-0.15, -0.1) is 8.58 Å². The fourth-order valence-electron chi connectivity index (χ4n) is 3.56. The first-order valence-corrected chi connectivity index (χ1v) is 8.36. The Kier molecular flexibility index (Phi) is 3.90. The molecule has 0 bridgehead atoms. The number of allylic oxidation sites excluding steroid dienone is 4. The number of rotatable bonds is 2. The Bertz CT molecular complexity index is 324. The molecule has 1 heteroatoms. The van der Waals surface area contributed by atoms with Gasteiger partial charge in [-0.1, -0.05) is 25.5 Å². The summed E-state index contributed by atoms with van der Waals surface area (Å²) < 4.78 is 0. The smallest absolute Gasteiger partial charge is 0.00795 e. The van der Waals surface area contributed by atoms with Crippen LogP contribution in [0.25, 0.3) is 0 Å². The Balaban J connectivity index is 2.26. The maximum atomic E-state index is 2.40. The van der Waals surface area contributed by atoms with E-state index in [2.05, 4.69) is 33.5 Å². The van der Waals surface area contributed by atoms with E-state index in [1.165, 1.54) is 25.7 Å². The molecule has 3 unspecified atom stereocenters. The summed E-state index contributed by atoms with van der Waals surface area (Å²) in [5.74, 6) is 1.83. The minimum Gasteiger partial charge on any atom is -0.117 e. The van der Waals surface area contributed by atoms with E-state index in [-0.39, 0.29) is 0 Å². The van der Waals surface area contributed by atoms with Crippen LogP contribution in [0.4, 0.5) is 0 Å². The lowest BCUT2D eigenvalue weighted by Gasteiger charge is -2.43. The van der Waals surface area contributed by atoms with Gasteiger partial charge in [0.25, 0.3) is 0 Å². The van der Waals surface area contributed by atoms with Gasteiger partial charge >= 0.3 is 0 Å². The maximum absolute atomic E-state index is 2.40. The summed E-state index contributed by atoms with van der Waals surface area (Å²) in [4.78, 5) is 0. The molecule has 2 aliphatic carbocycles. The van der Waals surface area contributed by atoms with E-state index in [1.54, 1.807) is 11.1 Å². The number of hydrogen-bond acceptors (Lipinski definition) is 0. The van der Waals surface area contributed by atoms with Crippen molar-refractivity contribution in [1.29, 1.82) is 0 Å². The van der Waals surface area contributed by atoms with Crippen LogP contribution in [0.5, 0.6) is 0 Å². The quantitative estimate of drug-likeness (QED) is 0.606. The Morgan fingerprint density at radius 1 is 1.44 bits per heavy atom. The lowest BCUT2D eigenvalue weighted by atomic mass is 9.69. The molecule has 0 aliphatic heterocycles. The molecule has 0 nitrogen and oxygen atoms in total. The highest BCUT2D eigenvalue weighted by atomic mass is 31.1. The topological polar surface area (TPSA) is 0 Å². The largest absolute Gasteiger partial charge is 0.117 e. The maximum Gasteiger partial charge on any atom is 0.00795 e. The highest BCUT2D eigenvalue weighted by Gasteiger charge is 2.40. The zero-order valence-corrected chi connectivity index (χ0v) is 12.1. The molecule has 0 spiro atoms. The zero-order valence-electron chi connectivity index (χ0n) is 11.1. The second kappa shape index (κ2) is 5.05. The van der Waals surface area contributed by atoms with Gasteiger partial charge in [-0.05, 0) is 62.3 Å². The van der Waals surface area contributed by atoms with Gasteiger partial charge in [0.05, 0.1) is 0 Å². The van der Waals surface area contributed by atoms with Crippen molar-refractivity contribution in [3.8, 4) is 0 Å². The Morgan fingerprint density at radius 3 is 2.62 bits per heavy atom. The molecule has 0 N–H and O–H groups in total. The molecule has 4 atom stereocenters. The fourth-order valence-corrected chi connectivity index (χ4v) is 4.99. The molecule has 0 saturated heterocycles. The fraction of sp³-hybridized carbons (Fsp3) is 0.733. The summed E-state index contributed by atoms with van der Waals surface area (Å²) in [5, 5.41) is 0. The summed E-state index contributed by atoms with van der Waals surface area (Å²) in [6, 6.07) is 0. The average Bonchev–Trinajstić information content (AvgIpc) is 2.65.